The Morgan fingerprint density at radius 1 is 1.10 bits per heavy atom. The van der Waals surface area contributed by atoms with Crippen LogP contribution >= 0.6 is 11.6 Å². The number of fused-ring (bicyclic) bond motifs is 8. The number of halogens is 2. The lowest BCUT2D eigenvalue weighted by Crippen LogP contribution is -2.48. The molecule has 4 unspecified atom stereocenters. The third-order valence-corrected chi connectivity index (χ3v) is 11.5. The number of aliphatic hydroxyl groups is 1. The first-order valence-electron chi connectivity index (χ1n) is 17.1. The number of ketones is 1. The highest BCUT2D eigenvalue weighted by Gasteiger charge is 2.64. The fourth-order valence-corrected chi connectivity index (χ4v) is 8.52. The number of carbonyl (C=O) groups is 2. The number of Topliss-reactive ketones (excluding diaryl/α,β-unsaturated/α-hetero) is 1. The van der Waals surface area contributed by atoms with Crippen LogP contribution in [-0.2, 0) is 24.1 Å². The largest absolute Gasteiger partial charge is 0.497 e. The minimum atomic E-state index is -0.794. The Morgan fingerprint density at radius 2 is 1.92 bits per heavy atom. The van der Waals surface area contributed by atoms with Gasteiger partial charge < -0.3 is 19.3 Å². The van der Waals surface area contributed by atoms with Crippen LogP contribution in [0.5, 0.6) is 11.5 Å². The van der Waals surface area contributed by atoms with Gasteiger partial charge in [-0.3, -0.25) is 9.69 Å². The molecular formula is C40H45ClFNO6. The second-order valence-corrected chi connectivity index (χ2v) is 14.5. The Labute approximate surface area is 293 Å². The van der Waals surface area contributed by atoms with Crippen LogP contribution in [0.3, 0.4) is 0 Å². The van der Waals surface area contributed by atoms with Gasteiger partial charge in [-0.1, -0.05) is 48.4 Å². The number of benzene rings is 3. The maximum atomic E-state index is 14.9. The topological polar surface area (TPSA) is 85.3 Å². The van der Waals surface area contributed by atoms with Crippen molar-refractivity contribution in [3.05, 3.63) is 105 Å². The Morgan fingerprint density at radius 3 is 2.67 bits per heavy atom. The molecule has 1 spiro atoms. The number of hydrogen-bond donors (Lipinski definition) is 1. The maximum Gasteiger partial charge on any atom is 0.410 e. The number of ether oxygens (including phenoxy) is 3. The van der Waals surface area contributed by atoms with Gasteiger partial charge in [0.05, 0.1) is 33.4 Å². The van der Waals surface area contributed by atoms with Crippen molar-refractivity contribution in [2.24, 2.45) is 5.41 Å². The third-order valence-electron chi connectivity index (χ3n) is 11.2. The van der Waals surface area contributed by atoms with E-state index in [-0.39, 0.29) is 34.8 Å². The van der Waals surface area contributed by atoms with E-state index in [2.05, 4.69) is 19.9 Å². The zero-order chi connectivity index (χ0) is 34.9. The molecule has 4 aliphatic rings. The van der Waals surface area contributed by atoms with E-state index in [9.17, 15) is 19.1 Å². The molecule has 2 bridgehead atoms. The van der Waals surface area contributed by atoms with Crippen molar-refractivity contribution < 1.29 is 33.3 Å². The molecule has 2 fully saturated rings. The van der Waals surface area contributed by atoms with Crippen molar-refractivity contribution in [3.63, 3.8) is 0 Å². The number of amides is 1. The summed E-state index contributed by atoms with van der Waals surface area (Å²) in [7, 11) is 3.20. The van der Waals surface area contributed by atoms with E-state index in [1.807, 2.05) is 30.3 Å². The lowest BCUT2D eigenvalue weighted by atomic mass is 9.64. The van der Waals surface area contributed by atoms with E-state index in [1.165, 1.54) is 17.7 Å². The fourth-order valence-electron chi connectivity index (χ4n) is 8.29. The first kappa shape index (κ1) is 35.0. The summed E-state index contributed by atoms with van der Waals surface area (Å²) in [4.78, 5) is 29.6. The van der Waals surface area contributed by atoms with Gasteiger partial charge in [-0.25, -0.2) is 9.18 Å². The van der Waals surface area contributed by atoms with Crippen molar-refractivity contribution in [2.75, 3.05) is 20.8 Å². The van der Waals surface area contributed by atoms with Gasteiger partial charge in [0.25, 0.3) is 0 Å². The summed E-state index contributed by atoms with van der Waals surface area (Å²) < 4.78 is 32.4. The molecule has 0 aromatic heterocycles. The van der Waals surface area contributed by atoms with Crippen LogP contribution < -0.4 is 9.47 Å². The van der Waals surface area contributed by atoms with Crippen LogP contribution in [-0.4, -0.2) is 54.4 Å². The van der Waals surface area contributed by atoms with Gasteiger partial charge in [0.15, 0.2) is 5.78 Å². The molecule has 1 saturated carbocycles. The smallest absolute Gasteiger partial charge is 0.410 e. The summed E-state index contributed by atoms with van der Waals surface area (Å²) in [5.41, 5.74) is 3.11. The molecular weight excluding hydrogens is 645 g/mol. The van der Waals surface area contributed by atoms with E-state index in [0.29, 0.717) is 55.8 Å². The number of aliphatic hydroxyl groups excluding tert-OH is 1. The van der Waals surface area contributed by atoms with Crippen molar-refractivity contribution >= 4 is 23.5 Å². The molecule has 4 atom stereocenters. The predicted octanol–water partition coefficient (Wildman–Crippen LogP) is 8.62. The zero-order valence-corrected chi connectivity index (χ0v) is 29.4. The van der Waals surface area contributed by atoms with Crippen molar-refractivity contribution in [1.29, 1.82) is 0 Å². The molecule has 1 amide bonds. The first-order chi connectivity index (χ1) is 23.5. The highest BCUT2D eigenvalue weighted by molar-refractivity contribution is 6.31. The number of carbonyl (C=O) groups excluding carboxylic acids is 2. The molecule has 1 aliphatic heterocycles. The summed E-state index contributed by atoms with van der Waals surface area (Å²) in [6.07, 6.45) is 5.69. The van der Waals surface area contributed by atoms with Gasteiger partial charge in [0, 0.05) is 39.6 Å². The van der Waals surface area contributed by atoms with Crippen LogP contribution in [0.2, 0.25) is 5.02 Å². The SMILES string of the molecule is COc1ccc(CN2CC3(CCC4c5ccc(cc5C(=O)Cc5c(F)cccc5Cl)CC(O)CCC(C)=CCCC43C)OC2=O)c(OC)c1. The second kappa shape index (κ2) is 14.2. The third kappa shape index (κ3) is 6.82. The van der Waals surface area contributed by atoms with E-state index in [1.54, 1.807) is 31.3 Å². The van der Waals surface area contributed by atoms with E-state index in [4.69, 9.17) is 25.8 Å². The summed E-state index contributed by atoms with van der Waals surface area (Å²) in [6, 6.07) is 15.9. The van der Waals surface area contributed by atoms with Crippen LogP contribution in [0.25, 0.3) is 0 Å². The van der Waals surface area contributed by atoms with E-state index < -0.39 is 22.9 Å². The van der Waals surface area contributed by atoms with Crippen LogP contribution in [0.1, 0.15) is 90.9 Å². The van der Waals surface area contributed by atoms with Crippen molar-refractivity contribution in [1.82, 2.24) is 4.90 Å². The van der Waals surface area contributed by atoms with Gasteiger partial charge in [-0.05, 0) is 99.2 Å². The lowest BCUT2D eigenvalue weighted by Gasteiger charge is -2.43. The van der Waals surface area contributed by atoms with Gasteiger partial charge >= 0.3 is 6.09 Å². The molecule has 260 valence electrons. The Bertz CT molecular complexity index is 1760. The minimum absolute atomic E-state index is 0.124. The molecule has 0 radical (unpaired) electrons. The molecule has 3 aromatic carbocycles. The average molecular weight is 690 g/mol. The average Bonchev–Trinajstić information content (AvgIpc) is 3.55. The minimum Gasteiger partial charge on any atom is -0.497 e. The first-order valence-corrected chi connectivity index (χ1v) is 17.5. The Balaban J connectivity index is 1.39. The Kier molecular flexibility index (Phi) is 10.1. The van der Waals surface area contributed by atoms with Crippen LogP contribution in [0.15, 0.2) is 66.2 Å². The van der Waals surface area contributed by atoms with E-state index in [0.717, 1.165) is 36.0 Å². The number of nitrogens with zero attached hydrogens (tertiary/aromatic N) is 1. The molecule has 1 N–H and O–H groups in total. The van der Waals surface area contributed by atoms with Crippen molar-refractivity contribution in [2.45, 2.75) is 89.4 Å². The summed E-state index contributed by atoms with van der Waals surface area (Å²) >= 11 is 6.37. The molecule has 3 aliphatic carbocycles. The Hall–Kier alpha value is -3.88. The van der Waals surface area contributed by atoms with Gasteiger partial charge in [-0.15, -0.1) is 0 Å². The zero-order valence-electron chi connectivity index (χ0n) is 28.7. The maximum absolute atomic E-state index is 14.9. The summed E-state index contributed by atoms with van der Waals surface area (Å²) in [6.45, 7) is 5.01. The standard InChI is InChI=1S/C40H45ClFNO6/c1-25-7-6-17-39(2)33(16-18-40(39)24-43(38(46)49-40)23-27-12-14-29(47-3)21-37(27)48-4)30-15-11-26(19-28(44)13-10-25)20-31(30)36(45)22-32-34(41)8-5-9-35(32)42/h5,7-9,11-12,14-15,20-21,28,33,44H,6,10,13,16-19,22-24H2,1-4H3. The molecule has 7 rings (SSSR count). The van der Waals surface area contributed by atoms with Crippen LogP contribution in [0.4, 0.5) is 9.18 Å². The second-order valence-electron chi connectivity index (χ2n) is 14.1. The number of rotatable bonds is 7. The number of methoxy groups -OCH3 is 2. The monoisotopic (exact) mass is 689 g/mol. The highest BCUT2D eigenvalue weighted by Crippen LogP contribution is 2.62. The van der Waals surface area contributed by atoms with Crippen LogP contribution in [0, 0.1) is 11.2 Å². The predicted molar refractivity (Wildman–Crippen MR) is 187 cm³/mol. The number of hydrogen-bond acceptors (Lipinski definition) is 6. The molecule has 3 aromatic rings. The van der Waals surface area contributed by atoms with Gasteiger partial charge in [-0.2, -0.15) is 0 Å². The molecule has 7 nitrogen and oxygen atoms in total. The molecule has 1 heterocycles. The number of allylic oxidation sites excluding steroid dienone is 2. The summed E-state index contributed by atoms with van der Waals surface area (Å²) in [5, 5.41) is 11.1. The quantitative estimate of drug-likeness (QED) is 0.198. The lowest BCUT2D eigenvalue weighted by molar-refractivity contribution is -0.0373. The van der Waals surface area contributed by atoms with Gasteiger partial charge in [0.1, 0.15) is 22.9 Å². The van der Waals surface area contributed by atoms with E-state index >= 15 is 0 Å². The van der Waals surface area contributed by atoms with Gasteiger partial charge in [0.2, 0.25) is 0 Å². The molecule has 1 saturated heterocycles. The normalized spacial score (nSPS) is 25.5. The van der Waals surface area contributed by atoms with Crippen molar-refractivity contribution in [3.8, 4) is 11.5 Å². The fraction of sp³-hybridized carbons (Fsp3) is 0.450. The molecule has 9 heteroatoms. The molecule has 49 heavy (non-hydrogen) atoms. The summed E-state index contributed by atoms with van der Waals surface area (Å²) in [5.74, 6) is 0.418. The highest BCUT2D eigenvalue weighted by atomic mass is 35.5.